The van der Waals surface area contributed by atoms with Crippen molar-refractivity contribution >= 4 is 33.2 Å². The largest absolute Gasteiger partial charge is 0.369 e. The van der Waals surface area contributed by atoms with Gasteiger partial charge in [0.05, 0.1) is 15.2 Å². The maximum absolute atomic E-state index is 6.12. The van der Waals surface area contributed by atoms with Crippen LogP contribution in [0.5, 0.6) is 0 Å². The lowest BCUT2D eigenvalue weighted by atomic mass is 10.2. The summed E-state index contributed by atoms with van der Waals surface area (Å²) in [5.74, 6) is 0. The molecule has 4 heteroatoms. The molecule has 0 bridgehead atoms. The Bertz CT molecular complexity index is 370. The molecule has 0 aliphatic carbocycles. The van der Waals surface area contributed by atoms with Crippen LogP contribution >= 0.6 is 27.5 Å². The lowest BCUT2D eigenvalue weighted by molar-refractivity contribution is 0.584. The Balaban J connectivity index is 2.24. The summed E-state index contributed by atoms with van der Waals surface area (Å²) in [5.41, 5.74) is 1.20. The number of rotatable bonds is 1. The second kappa shape index (κ2) is 5.39. The first kappa shape index (κ1) is 12.2. The van der Waals surface area contributed by atoms with Gasteiger partial charge in [-0.1, -0.05) is 17.7 Å². The fourth-order valence-corrected chi connectivity index (χ4v) is 2.74. The van der Waals surface area contributed by atoms with Crippen LogP contribution < -0.4 is 10.2 Å². The molecule has 1 aliphatic heterocycles. The highest BCUT2D eigenvalue weighted by Crippen LogP contribution is 2.33. The average Bonchev–Trinajstić information content (AvgIpc) is 2.47. The number of nitrogens with one attached hydrogen (secondary N) is 1. The zero-order valence-electron chi connectivity index (χ0n) is 9.34. The molecule has 1 heterocycles. The lowest BCUT2D eigenvalue weighted by Gasteiger charge is -2.26. The van der Waals surface area contributed by atoms with Crippen LogP contribution in [0.15, 0.2) is 22.7 Å². The summed E-state index contributed by atoms with van der Waals surface area (Å²) in [6.45, 7) is 5.42. The van der Waals surface area contributed by atoms with E-state index < -0.39 is 0 Å². The standard InChI is InChI=1S/C12H16BrClN2/c1-9-8-16(7-3-6-15-9)11-5-2-4-10(14)12(11)13/h2,4-5,9,15H,3,6-8H2,1H3. The maximum Gasteiger partial charge on any atom is 0.0595 e. The lowest BCUT2D eigenvalue weighted by Crippen LogP contribution is -2.35. The van der Waals surface area contributed by atoms with E-state index in [0.717, 1.165) is 29.1 Å². The van der Waals surface area contributed by atoms with Gasteiger partial charge in [0.15, 0.2) is 0 Å². The van der Waals surface area contributed by atoms with E-state index >= 15 is 0 Å². The smallest absolute Gasteiger partial charge is 0.0595 e. The molecule has 0 aromatic heterocycles. The number of hydrogen-bond donors (Lipinski definition) is 1. The van der Waals surface area contributed by atoms with Crippen LogP contribution in [-0.2, 0) is 0 Å². The van der Waals surface area contributed by atoms with Gasteiger partial charge < -0.3 is 10.2 Å². The summed E-state index contributed by atoms with van der Waals surface area (Å²) in [6, 6.07) is 6.56. The maximum atomic E-state index is 6.12. The average molecular weight is 304 g/mol. The Hall–Kier alpha value is -0.250. The summed E-state index contributed by atoms with van der Waals surface area (Å²) >= 11 is 9.69. The molecule has 1 fully saturated rings. The normalized spacial score (nSPS) is 21.9. The van der Waals surface area contributed by atoms with Gasteiger partial charge in [0.1, 0.15) is 0 Å². The van der Waals surface area contributed by atoms with Crippen LogP contribution in [0.1, 0.15) is 13.3 Å². The molecule has 1 saturated heterocycles. The first-order valence-corrected chi connectivity index (χ1v) is 6.78. The van der Waals surface area contributed by atoms with Gasteiger partial charge in [-0.15, -0.1) is 0 Å². The summed E-state index contributed by atoms with van der Waals surface area (Å²) in [7, 11) is 0. The van der Waals surface area contributed by atoms with Gasteiger partial charge in [-0.3, -0.25) is 0 Å². The fraction of sp³-hybridized carbons (Fsp3) is 0.500. The monoisotopic (exact) mass is 302 g/mol. The van der Waals surface area contributed by atoms with Crippen LogP contribution in [0.2, 0.25) is 5.02 Å². The highest BCUT2D eigenvalue weighted by molar-refractivity contribution is 9.10. The molecular formula is C12H16BrClN2. The van der Waals surface area contributed by atoms with Gasteiger partial charge in [-0.25, -0.2) is 0 Å². The number of hydrogen-bond acceptors (Lipinski definition) is 2. The van der Waals surface area contributed by atoms with Crippen molar-refractivity contribution < 1.29 is 0 Å². The molecule has 1 aliphatic rings. The van der Waals surface area contributed by atoms with Crippen molar-refractivity contribution in [2.24, 2.45) is 0 Å². The Morgan fingerprint density at radius 3 is 3.12 bits per heavy atom. The number of benzene rings is 1. The molecule has 1 unspecified atom stereocenters. The SMILES string of the molecule is CC1CN(c2cccc(Cl)c2Br)CCCN1. The zero-order valence-corrected chi connectivity index (χ0v) is 11.7. The van der Waals surface area contributed by atoms with Crippen molar-refractivity contribution in [3.05, 3.63) is 27.7 Å². The number of anilines is 1. The molecule has 1 aromatic rings. The minimum atomic E-state index is 0.522. The van der Waals surface area contributed by atoms with Crippen LogP contribution in [0.3, 0.4) is 0 Å². The van der Waals surface area contributed by atoms with Gasteiger partial charge >= 0.3 is 0 Å². The zero-order chi connectivity index (χ0) is 11.5. The Morgan fingerprint density at radius 2 is 2.31 bits per heavy atom. The van der Waals surface area contributed by atoms with Crippen molar-refractivity contribution in [2.45, 2.75) is 19.4 Å². The van der Waals surface area contributed by atoms with Gasteiger partial charge in [-0.05, 0) is 48.0 Å². The van der Waals surface area contributed by atoms with E-state index in [4.69, 9.17) is 11.6 Å². The molecule has 1 aromatic carbocycles. The predicted molar refractivity (Wildman–Crippen MR) is 73.4 cm³/mol. The minimum Gasteiger partial charge on any atom is -0.369 e. The Kier molecular flexibility index (Phi) is 4.11. The summed E-state index contributed by atoms with van der Waals surface area (Å²) < 4.78 is 1.01. The van der Waals surface area contributed by atoms with E-state index in [1.807, 2.05) is 12.1 Å². The fourth-order valence-electron chi connectivity index (χ4n) is 2.06. The molecule has 0 radical (unpaired) electrons. The van der Waals surface area contributed by atoms with Gasteiger partial charge in [-0.2, -0.15) is 0 Å². The van der Waals surface area contributed by atoms with Gasteiger partial charge in [0, 0.05) is 19.1 Å². The highest BCUT2D eigenvalue weighted by Gasteiger charge is 2.17. The first-order valence-electron chi connectivity index (χ1n) is 5.61. The van der Waals surface area contributed by atoms with E-state index in [0.29, 0.717) is 6.04 Å². The third-order valence-corrected chi connectivity index (χ3v) is 4.24. The van der Waals surface area contributed by atoms with E-state index in [2.05, 4.69) is 39.1 Å². The quantitative estimate of drug-likeness (QED) is 0.856. The third kappa shape index (κ3) is 2.70. The Labute approximate surface area is 110 Å². The van der Waals surface area contributed by atoms with Crippen molar-refractivity contribution in [1.29, 1.82) is 0 Å². The first-order chi connectivity index (χ1) is 7.68. The molecule has 2 rings (SSSR count). The van der Waals surface area contributed by atoms with Crippen molar-refractivity contribution in [3.63, 3.8) is 0 Å². The number of halogens is 2. The van der Waals surface area contributed by atoms with Gasteiger partial charge in [0.25, 0.3) is 0 Å². The van der Waals surface area contributed by atoms with E-state index in [1.165, 1.54) is 12.1 Å². The molecule has 0 spiro atoms. The predicted octanol–water partition coefficient (Wildman–Crippen LogP) is 3.29. The minimum absolute atomic E-state index is 0.522. The second-order valence-electron chi connectivity index (χ2n) is 4.23. The highest BCUT2D eigenvalue weighted by atomic mass is 79.9. The van der Waals surface area contributed by atoms with E-state index in [1.54, 1.807) is 0 Å². The summed E-state index contributed by atoms with van der Waals surface area (Å²) in [6.07, 6.45) is 1.17. The van der Waals surface area contributed by atoms with E-state index in [-0.39, 0.29) is 0 Å². The number of nitrogens with zero attached hydrogens (tertiary/aromatic N) is 1. The molecule has 16 heavy (non-hydrogen) atoms. The van der Waals surface area contributed by atoms with Crippen molar-refractivity contribution in [3.8, 4) is 0 Å². The molecule has 88 valence electrons. The van der Waals surface area contributed by atoms with Crippen molar-refractivity contribution in [1.82, 2.24) is 5.32 Å². The molecule has 0 amide bonds. The molecular weight excluding hydrogens is 288 g/mol. The van der Waals surface area contributed by atoms with Crippen molar-refractivity contribution in [2.75, 3.05) is 24.5 Å². The Morgan fingerprint density at radius 1 is 1.50 bits per heavy atom. The van der Waals surface area contributed by atoms with Crippen LogP contribution in [0, 0.1) is 0 Å². The van der Waals surface area contributed by atoms with Gasteiger partial charge in [0.2, 0.25) is 0 Å². The second-order valence-corrected chi connectivity index (χ2v) is 5.43. The summed E-state index contributed by atoms with van der Waals surface area (Å²) in [5, 5.41) is 4.27. The van der Waals surface area contributed by atoms with Crippen LogP contribution in [-0.4, -0.2) is 25.7 Å². The molecule has 1 N–H and O–H groups in total. The topological polar surface area (TPSA) is 15.3 Å². The molecule has 1 atom stereocenters. The molecule has 2 nitrogen and oxygen atoms in total. The van der Waals surface area contributed by atoms with Crippen LogP contribution in [0.4, 0.5) is 5.69 Å². The van der Waals surface area contributed by atoms with E-state index in [9.17, 15) is 0 Å². The summed E-state index contributed by atoms with van der Waals surface area (Å²) in [4.78, 5) is 2.39. The molecule has 0 saturated carbocycles. The van der Waals surface area contributed by atoms with Crippen LogP contribution in [0.25, 0.3) is 0 Å². The third-order valence-electron chi connectivity index (χ3n) is 2.86.